The molecule has 4 aromatic rings. The van der Waals surface area contributed by atoms with Gasteiger partial charge in [0.25, 0.3) is 5.91 Å². The first kappa shape index (κ1) is 19.4. The van der Waals surface area contributed by atoms with Crippen molar-refractivity contribution in [3.8, 4) is 5.75 Å². The molecule has 0 spiro atoms. The minimum absolute atomic E-state index is 0.178. The quantitative estimate of drug-likeness (QED) is 0.420. The number of halogens is 2. The van der Waals surface area contributed by atoms with E-state index in [0.29, 0.717) is 22.0 Å². The molecule has 0 fully saturated rings. The predicted octanol–water partition coefficient (Wildman–Crippen LogP) is 5.44. The van der Waals surface area contributed by atoms with Crippen molar-refractivity contribution in [2.45, 2.75) is 13.7 Å². The number of nitrogens with one attached hydrogen (secondary N) is 1. The lowest BCUT2D eigenvalue weighted by atomic mass is 10.2. The van der Waals surface area contributed by atoms with E-state index in [-0.39, 0.29) is 18.3 Å². The second-order valence-corrected chi connectivity index (χ2v) is 7.64. The minimum atomic E-state index is -0.319. The first-order valence-electron chi connectivity index (χ1n) is 8.78. The van der Waals surface area contributed by atoms with E-state index in [1.807, 2.05) is 31.2 Å². The molecule has 0 saturated carbocycles. The van der Waals surface area contributed by atoms with E-state index in [1.165, 1.54) is 0 Å². The summed E-state index contributed by atoms with van der Waals surface area (Å²) in [6.07, 6.45) is 3.38. The molecule has 1 amide bonds. The molecule has 0 atom stereocenters. The van der Waals surface area contributed by atoms with Crippen molar-refractivity contribution in [2.75, 3.05) is 5.32 Å². The summed E-state index contributed by atoms with van der Waals surface area (Å²) in [6, 6.07) is 14.5. The first-order chi connectivity index (χ1) is 14.0. The Balaban J connectivity index is 1.46. The van der Waals surface area contributed by atoms with Crippen LogP contribution in [0, 0.1) is 6.92 Å². The van der Waals surface area contributed by atoms with Crippen LogP contribution in [0.25, 0.3) is 10.9 Å². The number of hydrogen-bond donors (Lipinski definition) is 1. The molecule has 0 aliphatic carbocycles. The van der Waals surface area contributed by atoms with Crippen molar-refractivity contribution in [1.29, 1.82) is 0 Å². The van der Waals surface area contributed by atoms with Crippen molar-refractivity contribution in [3.05, 3.63) is 81.7 Å². The van der Waals surface area contributed by atoms with Crippen LogP contribution in [-0.4, -0.2) is 20.7 Å². The number of aromatic nitrogens is 3. The van der Waals surface area contributed by atoms with Gasteiger partial charge in [-0.05, 0) is 55.0 Å². The molecule has 0 saturated heterocycles. The Morgan fingerprint density at radius 3 is 2.93 bits per heavy atom. The minimum Gasteiger partial charge on any atom is -0.471 e. The number of carbonyl (C=O) groups excluding carboxylic acids is 1. The van der Waals surface area contributed by atoms with Gasteiger partial charge in [0.15, 0.2) is 12.4 Å². The largest absolute Gasteiger partial charge is 0.471 e. The molecule has 0 bridgehead atoms. The number of hydrogen-bond acceptors (Lipinski definition) is 4. The molecule has 4 rings (SSSR count). The topological polar surface area (TPSA) is 69.0 Å². The Labute approximate surface area is 180 Å². The van der Waals surface area contributed by atoms with Crippen molar-refractivity contribution in [3.63, 3.8) is 0 Å². The molecular formula is C21H16BrClN4O2. The van der Waals surface area contributed by atoms with Crippen LogP contribution in [-0.2, 0) is 6.73 Å². The Bertz CT molecular complexity index is 1210. The van der Waals surface area contributed by atoms with Gasteiger partial charge in [0.1, 0.15) is 5.75 Å². The van der Waals surface area contributed by atoms with Gasteiger partial charge in [0, 0.05) is 27.3 Å². The first-order valence-corrected chi connectivity index (χ1v) is 9.95. The van der Waals surface area contributed by atoms with Crippen molar-refractivity contribution < 1.29 is 9.53 Å². The van der Waals surface area contributed by atoms with Gasteiger partial charge in [-0.1, -0.05) is 33.6 Å². The zero-order chi connectivity index (χ0) is 20.4. The summed E-state index contributed by atoms with van der Waals surface area (Å²) in [6.45, 7) is 2.09. The van der Waals surface area contributed by atoms with Crippen LogP contribution < -0.4 is 10.1 Å². The molecule has 2 aromatic carbocycles. The lowest BCUT2D eigenvalue weighted by Gasteiger charge is -2.09. The SMILES string of the molecule is Cc1cc(OCn2ccc(C(=O)Nc3ccc(Br)c4cccnc34)n2)ccc1Cl. The van der Waals surface area contributed by atoms with E-state index in [2.05, 4.69) is 31.3 Å². The highest BCUT2D eigenvalue weighted by molar-refractivity contribution is 9.10. The van der Waals surface area contributed by atoms with Crippen LogP contribution in [0.1, 0.15) is 16.1 Å². The summed E-state index contributed by atoms with van der Waals surface area (Å²) < 4.78 is 8.17. The smallest absolute Gasteiger partial charge is 0.276 e. The molecule has 146 valence electrons. The monoisotopic (exact) mass is 470 g/mol. The summed E-state index contributed by atoms with van der Waals surface area (Å²) in [5.74, 6) is 0.362. The number of benzene rings is 2. The lowest BCUT2D eigenvalue weighted by Crippen LogP contribution is -2.14. The maximum Gasteiger partial charge on any atom is 0.276 e. The maximum atomic E-state index is 12.6. The van der Waals surface area contributed by atoms with Crippen LogP contribution in [0.2, 0.25) is 5.02 Å². The summed E-state index contributed by atoms with van der Waals surface area (Å²) in [4.78, 5) is 17.0. The summed E-state index contributed by atoms with van der Waals surface area (Å²) >= 11 is 9.52. The maximum absolute atomic E-state index is 12.6. The highest BCUT2D eigenvalue weighted by Crippen LogP contribution is 2.28. The van der Waals surface area contributed by atoms with Gasteiger partial charge in [-0.3, -0.25) is 9.78 Å². The van der Waals surface area contributed by atoms with Crippen molar-refractivity contribution >= 4 is 50.0 Å². The molecule has 29 heavy (non-hydrogen) atoms. The van der Waals surface area contributed by atoms with E-state index in [9.17, 15) is 4.79 Å². The van der Waals surface area contributed by atoms with Crippen LogP contribution in [0.3, 0.4) is 0 Å². The number of anilines is 1. The molecule has 8 heteroatoms. The highest BCUT2D eigenvalue weighted by Gasteiger charge is 2.13. The highest BCUT2D eigenvalue weighted by atomic mass is 79.9. The molecule has 0 aliphatic rings. The van der Waals surface area contributed by atoms with E-state index in [0.717, 1.165) is 15.4 Å². The summed E-state index contributed by atoms with van der Waals surface area (Å²) in [7, 11) is 0. The fourth-order valence-corrected chi connectivity index (χ4v) is 3.40. The van der Waals surface area contributed by atoms with E-state index >= 15 is 0 Å². The Kier molecular flexibility index (Phi) is 5.51. The van der Waals surface area contributed by atoms with E-state index < -0.39 is 0 Å². The predicted molar refractivity (Wildman–Crippen MR) is 116 cm³/mol. The standard InChI is InChI=1S/C21H16BrClN4O2/c1-13-11-14(4-6-17(13)23)29-12-27-10-8-19(26-27)21(28)25-18-7-5-16(22)15-3-2-9-24-20(15)18/h2-11H,12H2,1H3,(H,25,28). The molecule has 0 aliphatic heterocycles. The third-order valence-corrected chi connectivity index (χ3v) is 5.45. The van der Waals surface area contributed by atoms with Gasteiger partial charge < -0.3 is 10.1 Å². The summed E-state index contributed by atoms with van der Waals surface area (Å²) in [5.41, 5.74) is 2.54. The average molecular weight is 472 g/mol. The normalized spacial score (nSPS) is 10.9. The second-order valence-electron chi connectivity index (χ2n) is 6.37. The average Bonchev–Trinajstić information content (AvgIpc) is 3.20. The number of ether oxygens (including phenoxy) is 1. The number of aryl methyl sites for hydroxylation is 1. The number of fused-ring (bicyclic) bond motifs is 1. The van der Waals surface area contributed by atoms with Crippen molar-refractivity contribution in [1.82, 2.24) is 14.8 Å². The van der Waals surface area contributed by atoms with Crippen LogP contribution in [0.5, 0.6) is 5.75 Å². The van der Waals surface area contributed by atoms with Crippen molar-refractivity contribution in [2.24, 2.45) is 0 Å². The fourth-order valence-electron chi connectivity index (χ4n) is 2.83. The Hall–Kier alpha value is -2.90. The van der Waals surface area contributed by atoms with Crippen LogP contribution in [0.15, 0.2) is 65.4 Å². The Morgan fingerprint density at radius 1 is 1.24 bits per heavy atom. The molecule has 2 heterocycles. The number of pyridine rings is 1. The van der Waals surface area contributed by atoms with Gasteiger partial charge in [-0.25, -0.2) is 4.68 Å². The third kappa shape index (κ3) is 4.26. The molecule has 0 unspecified atom stereocenters. The second kappa shape index (κ2) is 8.23. The van der Waals surface area contributed by atoms with Gasteiger partial charge in [0.2, 0.25) is 0 Å². The number of carbonyl (C=O) groups is 1. The summed E-state index contributed by atoms with van der Waals surface area (Å²) in [5, 5.41) is 8.76. The fraction of sp³-hybridized carbons (Fsp3) is 0.0952. The van der Waals surface area contributed by atoms with Crippen LogP contribution >= 0.6 is 27.5 Å². The van der Waals surface area contributed by atoms with E-state index in [1.54, 1.807) is 41.3 Å². The Morgan fingerprint density at radius 2 is 2.10 bits per heavy atom. The third-order valence-electron chi connectivity index (χ3n) is 4.33. The zero-order valence-corrected chi connectivity index (χ0v) is 17.7. The molecular weight excluding hydrogens is 456 g/mol. The molecule has 2 aromatic heterocycles. The number of nitrogens with zero attached hydrogens (tertiary/aromatic N) is 3. The van der Waals surface area contributed by atoms with E-state index in [4.69, 9.17) is 16.3 Å². The number of rotatable bonds is 5. The molecule has 1 N–H and O–H groups in total. The molecule has 0 radical (unpaired) electrons. The zero-order valence-electron chi connectivity index (χ0n) is 15.4. The van der Waals surface area contributed by atoms with Gasteiger partial charge in [-0.15, -0.1) is 0 Å². The van der Waals surface area contributed by atoms with Gasteiger partial charge >= 0.3 is 0 Å². The van der Waals surface area contributed by atoms with Gasteiger partial charge in [0.05, 0.1) is 11.2 Å². The number of amides is 1. The van der Waals surface area contributed by atoms with Crippen LogP contribution in [0.4, 0.5) is 5.69 Å². The van der Waals surface area contributed by atoms with Gasteiger partial charge in [-0.2, -0.15) is 5.10 Å². The molecule has 6 nitrogen and oxygen atoms in total. The lowest BCUT2D eigenvalue weighted by molar-refractivity contribution is 0.102.